The van der Waals surface area contributed by atoms with Gasteiger partial charge in [-0.05, 0) is 6.42 Å². The van der Waals surface area contributed by atoms with Gasteiger partial charge in [0, 0.05) is 59.0 Å². The highest BCUT2D eigenvalue weighted by atomic mass is 16.5. The van der Waals surface area contributed by atoms with Crippen molar-refractivity contribution in [1.82, 2.24) is 15.1 Å². The normalized spacial score (nSPS) is 15.5. The molecule has 0 saturated carbocycles. The average Bonchev–Trinajstić information content (AvgIpc) is 3.07. The summed E-state index contributed by atoms with van der Waals surface area (Å²) in [6.07, 6.45) is 0.927. The first-order chi connectivity index (χ1) is 16.8. The summed E-state index contributed by atoms with van der Waals surface area (Å²) in [6.45, 7) is 3.61. The van der Waals surface area contributed by atoms with Crippen LogP contribution in [-0.2, 0) is 42.9 Å². The number of amides is 4. The van der Waals surface area contributed by atoms with E-state index in [9.17, 15) is 24.0 Å². The number of rotatable bonds is 20. The van der Waals surface area contributed by atoms with Gasteiger partial charge < -0.3 is 29.2 Å². The second-order valence-corrected chi connectivity index (χ2v) is 8.20. The predicted molar refractivity (Wildman–Crippen MR) is 124 cm³/mol. The van der Waals surface area contributed by atoms with E-state index in [1.54, 1.807) is 14.0 Å². The van der Waals surface area contributed by atoms with Crippen LogP contribution in [0.25, 0.3) is 0 Å². The summed E-state index contributed by atoms with van der Waals surface area (Å²) in [4.78, 5) is 63.0. The second kappa shape index (κ2) is 17.9. The second-order valence-electron chi connectivity index (χ2n) is 8.20. The van der Waals surface area contributed by atoms with Crippen LogP contribution in [0.5, 0.6) is 0 Å². The van der Waals surface area contributed by atoms with E-state index in [1.807, 2.05) is 0 Å². The van der Waals surface area contributed by atoms with E-state index in [4.69, 9.17) is 18.9 Å². The van der Waals surface area contributed by atoms with E-state index < -0.39 is 0 Å². The zero-order valence-electron chi connectivity index (χ0n) is 21.0. The Bertz CT molecular complexity index is 702. The van der Waals surface area contributed by atoms with Gasteiger partial charge >= 0.3 is 0 Å². The molecule has 1 saturated heterocycles. The maximum absolute atomic E-state index is 12.4. The van der Waals surface area contributed by atoms with Crippen molar-refractivity contribution in [3.05, 3.63) is 0 Å². The highest BCUT2D eigenvalue weighted by Crippen LogP contribution is 2.18. The summed E-state index contributed by atoms with van der Waals surface area (Å²) < 4.78 is 20.4. The Morgan fingerprint density at radius 2 is 1.69 bits per heavy atom. The lowest BCUT2D eigenvalue weighted by Crippen LogP contribution is -2.44. The molecule has 0 radical (unpaired) electrons. The van der Waals surface area contributed by atoms with Crippen molar-refractivity contribution in [2.75, 3.05) is 80.0 Å². The molecule has 0 bridgehead atoms. The largest absolute Gasteiger partial charge is 0.382 e. The van der Waals surface area contributed by atoms with Gasteiger partial charge in [-0.2, -0.15) is 0 Å². The molecule has 4 amide bonds. The average molecular weight is 502 g/mol. The molecule has 1 aliphatic rings. The number of hydrogen-bond acceptors (Lipinski definition) is 9. The van der Waals surface area contributed by atoms with Gasteiger partial charge in [0.1, 0.15) is 12.4 Å². The first-order valence-electron chi connectivity index (χ1n) is 11.8. The molecule has 1 unspecified atom stereocenters. The molecule has 0 spiro atoms. The summed E-state index contributed by atoms with van der Waals surface area (Å²) in [5.41, 5.74) is 0. The van der Waals surface area contributed by atoms with E-state index in [2.05, 4.69) is 5.32 Å². The topological polar surface area (TPSA) is 141 Å². The molecule has 0 aromatic heterocycles. The molecular weight excluding hydrogens is 462 g/mol. The fourth-order valence-corrected chi connectivity index (χ4v) is 3.29. The van der Waals surface area contributed by atoms with Crippen LogP contribution in [0.4, 0.5) is 0 Å². The van der Waals surface area contributed by atoms with E-state index in [0.29, 0.717) is 26.2 Å². The lowest BCUT2D eigenvalue weighted by atomic mass is 10.1. The van der Waals surface area contributed by atoms with E-state index in [0.717, 1.165) is 4.90 Å². The monoisotopic (exact) mass is 501 g/mol. The molecular formula is C23H39N3O9. The van der Waals surface area contributed by atoms with Gasteiger partial charge in [0.15, 0.2) is 0 Å². The number of imide groups is 1. The maximum Gasteiger partial charge on any atom is 0.249 e. The molecule has 12 nitrogen and oxygen atoms in total. The summed E-state index contributed by atoms with van der Waals surface area (Å²) in [5, 5.41) is 2.70. The fourth-order valence-electron chi connectivity index (χ4n) is 3.29. The predicted octanol–water partition coefficient (Wildman–Crippen LogP) is -0.608. The molecule has 1 N–H and O–H groups in total. The van der Waals surface area contributed by atoms with Crippen LogP contribution < -0.4 is 5.32 Å². The molecule has 0 aromatic rings. The third-order valence-corrected chi connectivity index (χ3v) is 5.32. The SMILES string of the molecule is COCCOCCN(CC(=O)NCCCC(=O)CCN1C(=O)CC(C)C1=O)C(=O)COCCOC. The summed E-state index contributed by atoms with van der Waals surface area (Å²) in [7, 11) is 3.09. The lowest BCUT2D eigenvalue weighted by Gasteiger charge is -2.22. The first-order valence-corrected chi connectivity index (χ1v) is 11.8. The number of hydrogen-bond donors (Lipinski definition) is 1. The Morgan fingerprint density at radius 3 is 2.31 bits per heavy atom. The van der Waals surface area contributed by atoms with Crippen LogP contribution >= 0.6 is 0 Å². The van der Waals surface area contributed by atoms with Gasteiger partial charge in [-0.15, -0.1) is 0 Å². The van der Waals surface area contributed by atoms with Crippen LogP contribution in [0.15, 0.2) is 0 Å². The molecule has 1 rings (SSSR count). The van der Waals surface area contributed by atoms with Crippen molar-refractivity contribution in [2.24, 2.45) is 5.92 Å². The zero-order chi connectivity index (χ0) is 26.1. The minimum Gasteiger partial charge on any atom is -0.382 e. The first kappa shape index (κ1) is 30.6. The smallest absolute Gasteiger partial charge is 0.249 e. The molecule has 0 aliphatic carbocycles. The molecule has 12 heteroatoms. The van der Waals surface area contributed by atoms with Gasteiger partial charge in [-0.3, -0.25) is 28.9 Å². The minimum atomic E-state index is -0.359. The molecule has 35 heavy (non-hydrogen) atoms. The molecule has 1 heterocycles. The highest BCUT2D eigenvalue weighted by molar-refractivity contribution is 6.03. The van der Waals surface area contributed by atoms with Crippen LogP contribution in [0.2, 0.25) is 0 Å². The molecule has 1 fully saturated rings. The molecule has 200 valence electrons. The Morgan fingerprint density at radius 1 is 1.00 bits per heavy atom. The fraction of sp³-hybridized carbons (Fsp3) is 0.783. The third-order valence-electron chi connectivity index (χ3n) is 5.32. The van der Waals surface area contributed by atoms with Crippen molar-refractivity contribution in [1.29, 1.82) is 0 Å². The van der Waals surface area contributed by atoms with Gasteiger partial charge in [0.2, 0.25) is 23.6 Å². The van der Waals surface area contributed by atoms with Gasteiger partial charge in [-0.1, -0.05) is 6.92 Å². The highest BCUT2D eigenvalue weighted by Gasteiger charge is 2.35. The number of ketones is 1. The number of carbonyl (C=O) groups is 5. The number of nitrogens with zero attached hydrogens (tertiary/aromatic N) is 2. The van der Waals surface area contributed by atoms with Crippen molar-refractivity contribution in [2.45, 2.75) is 32.6 Å². The maximum atomic E-state index is 12.4. The van der Waals surface area contributed by atoms with E-state index in [-0.39, 0.29) is 101 Å². The van der Waals surface area contributed by atoms with Crippen molar-refractivity contribution in [3.63, 3.8) is 0 Å². The van der Waals surface area contributed by atoms with Crippen molar-refractivity contribution < 1.29 is 42.9 Å². The Kier molecular flexibility index (Phi) is 15.7. The van der Waals surface area contributed by atoms with Crippen LogP contribution in [0, 0.1) is 5.92 Å². The van der Waals surface area contributed by atoms with Gasteiger partial charge in [0.25, 0.3) is 0 Å². The Hall–Kier alpha value is -2.41. The Balaban J connectivity index is 2.33. The van der Waals surface area contributed by atoms with Gasteiger partial charge in [0.05, 0.1) is 39.6 Å². The lowest BCUT2D eigenvalue weighted by molar-refractivity contribution is -0.141. The van der Waals surface area contributed by atoms with E-state index in [1.165, 1.54) is 12.0 Å². The van der Waals surface area contributed by atoms with E-state index >= 15 is 0 Å². The van der Waals surface area contributed by atoms with Crippen LogP contribution in [-0.4, -0.2) is 119 Å². The summed E-state index contributed by atoms with van der Waals surface area (Å²) in [5.74, 6) is -1.59. The quantitative estimate of drug-likeness (QED) is 0.171. The third kappa shape index (κ3) is 12.7. The molecule has 1 aliphatic heterocycles. The summed E-state index contributed by atoms with van der Waals surface area (Å²) in [6, 6.07) is 0. The number of likely N-dealkylation sites (tertiary alicyclic amines) is 1. The van der Waals surface area contributed by atoms with Crippen LogP contribution in [0.3, 0.4) is 0 Å². The minimum absolute atomic E-state index is 0.0855. The standard InChI is InChI=1S/C23H39N3O9/c1-18-15-21(29)26(23(18)31)8-6-19(27)5-4-7-24-20(28)16-25(9-10-34-13-11-32-2)22(30)17-35-14-12-33-3/h18H,4-17H2,1-3H3,(H,24,28). The zero-order valence-corrected chi connectivity index (χ0v) is 21.0. The van der Waals surface area contributed by atoms with Gasteiger partial charge in [-0.25, -0.2) is 0 Å². The number of Topliss-reactive ketones (excluding diaryl/α,β-unsaturated/α-hetero) is 1. The van der Waals surface area contributed by atoms with Crippen molar-refractivity contribution in [3.8, 4) is 0 Å². The summed E-state index contributed by atoms with van der Waals surface area (Å²) >= 11 is 0. The van der Waals surface area contributed by atoms with Crippen LogP contribution in [0.1, 0.15) is 32.6 Å². The molecule has 0 aromatic carbocycles. The molecule has 1 atom stereocenters. The number of methoxy groups -OCH3 is 2. The number of carbonyl (C=O) groups excluding carboxylic acids is 5. The number of nitrogens with one attached hydrogen (secondary N) is 1. The number of ether oxygens (including phenoxy) is 4. The van der Waals surface area contributed by atoms with Crippen molar-refractivity contribution >= 4 is 29.4 Å². The Labute approximate surface area is 206 Å².